The fraction of sp³-hybridized carbons (Fsp3) is 0.647. The Balaban J connectivity index is 1.82. The van der Waals surface area contributed by atoms with E-state index in [2.05, 4.69) is 16.8 Å². The number of likely N-dealkylation sites (tertiary alicyclic amines) is 1. The average Bonchev–Trinajstić information content (AvgIpc) is 2.55. The molecule has 2 rings (SSSR count). The Bertz CT molecular complexity index is 592. The second kappa shape index (κ2) is 8.50. The van der Waals surface area contributed by atoms with E-state index in [4.69, 9.17) is 17.3 Å². The Labute approximate surface area is 142 Å². The van der Waals surface area contributed by atoms with E-state index in [-0.39, 0.29) is 22.2 Å². The van der Waals surface area contributed by atoms with Crippen molar-refractivity contribution in [3.05, 3.63) is 27.0 Å². The number of H-pyrrole nitrogens is 1. The smallest absolute Gasteiger partial charge is 0.260 e. The Morgan fingerprint density at radius 2 is 2.13 bits per heavy atom. The third kappa shape index (κ3) is 5.08. The molecule has 3 N–H and O–H groups in total. The number of hydrogen-bond acceptors (Lipinski definition) is 4. The van der Waals surface area contributed by atoms with E-state index in [0.717, 1.165) is 32.4 Å². The van der Waals surface area contributed by atoms with Crippen LogP contribution in [-0.2, 0) is 0 Å². The van der Waals surface area contributed by atoms with Gasteiger partial charge in [0.2, 0.25) is 0 Å². The molecule has 1 aromatic heterocycles. The molecule has 0 aromatic carbocycles. The highest BCUT2D eigenvalue weighted by Crippen LogP contribution is 2.23. The summed E-state index contributed by atoms with van der Waals surface area (Å²) >= 11 is 5.88. The van der Waals surface area contributed by atoms with Crippen LogP contribution in [0.15, 0.2) is 10.9 Å². The minimum absolute atomic E-state index is 0.104. The Morgan fingerprint density at radius 1 is 1.43 bits per heavy atom. The van der Waals surface area contributed by atoms with Crippen LogP contribution in [0.3, 0.4) is 0 Å². The molecule has 1 aromatic rings. The van der Waals surface area contributed by atoms with Crippen molar-refractivity contribution >= 4 is 23.2 Å². The first-order valence-corrected chi connectivity index (χ1v) is 8.83. The van der Waals surface area contributed by atoms with Crippen LogP contribution >= 0.6 is 11.6 Å². The number of carbonyl (C=O) groups is 1. The summed E-state index contributed by atoms with van der Waals surface area (Å²) in [5, 5.41) is 0.220. The number of Topliss-reactive ketones (excluding diaryl/α,β-unsaturated/α-hetero) is 1. The number of halogens is 1. The molecule has 0 unspecified atom stereocenters. The lowest BCUT2D eigenvalue weighted by molar-refractivity contribution is 0.0961. The highest BCUT2D eigenvalue weighted by atomic mass is 35.5. The summed E-state index contributed by atoms with van der Waals surface area (Å²) in [7, 11) is 0. The molecular weight excluding hydrogens is 314 g/mol. The third-order valence-corrected chi connectivity index (χ3v) is 4.95. The lowest BCUT2D eigenvalue weighted by Crippen LogP contribution is -2.34. The van der Waals surface area contributed by atoms with Gasteiger partial charge in [-0.1, -0.05) is 24.9 Å². The summed E-state index contributed by atoms with van der Waals surface area (Å²) in [6.07, 6.45) is 5.98. The van der Waals surface area contributed by atoms with E-state index < -0.39 is 5.56 Å². The molecule has 2 heterocycles. The van der Waals surface area contributed by atoms with Gasteiger partial charge in [0, 0.05) is 6.42 Å². The van der Waals surface area contributed by atoms with Crippen LogP contribution in [-0.4, -0.2) is 35.3 Å². The largest absolute Gasteiger partial charge is 0.384 e. The maximum atomic E-state index is 12.2. The molecule has 1 aliphatic heterocycles. The number of nitrogens with two attached hydrogens (primary N) is 1. The van der Waals surface area contributed by atoms with Crippen LogP contribution in [0.1, 0.15) is 55.8 Å². The summed E-state index contributed by atoms with van der Waals surface area (Å²) < 4.78 is 0. The van der Waals surface area contributed by atoms with Crippen LogP contribution in [0.4, 0.5) is 5.82 Å². The van der Waals surface area contributed by atoms with Gasteiger partial charge in [-0.05, 0) is 57.3 Å². The Hall–Kier alpha value is -1.33. The van der Waals surface area contributed by atoms with Crippen molar-refractivity contribution in [1.29, 1.82) is 0 Å². The van der Waals surface area contributed by atoms with Crippen molar-refractivity contribution < 1.29 is 4.79 Å². The van der Waals surface area contributed by atoms with Crippen molar-refractivity contribution in [3.8, 4) is 0 Å². The highest BCUT2D eigenvalue weighted by Gasteiger charge is 2.21. The first kappa shape index (κ1) is 18.0. The van der Waals surface area contributed by atoms with Crippen LogP contribution < -0.4 is 11.3 Å². The zero-order valence-corrected chi connectivity index (χ0v) is 14.5. The van der Waals surface area contributed by atoms with E-state index >= 15 is 0 Å². The standard InChI is InChI=1S/C17H26ClN3O2/c1-2-3-8-21-9-6-12(7-10-21)4-5-15(22)13-11-14(18)16(19)20-17(13)23/h11-12H,2-10H2,1H3,(H3,19,20,23). The number of rotatable bonds is 7. The SMILES string of the molecule is CCCCN1CCC(CCC(=O)c2cc(Cl)c(N)[nH]c2=O)CC1. The number of aromatic nitrogens is 1. The van der Waals surface area contributed by atoms with Crippen LogP contribution in [0.2, 0.25) is 5.02 Å². The van der Waals surface area contributed by atoms with Gasteiger partial charge in [0.1, 0.15) is 5.82 Å². The van der Waals surface area contributed by atoms with Crippen LogP contribution in [0.5, 0.6) is 0 Å². The van der Waals surface area contributed by atoms with E-state index in [9.17, 15) is 9.59 Å². The topological polar surface area (TPSA) is 79.2 Å². The van der Waals surface area contributed by atoms with Crippen LogP contribution in [0, 0.1) is 5.92 Å². The van der Waals surface area contributed by atoms with Gasteiger partial charge in [0.15, 0.2) is 5.78 Å². The number of carbonyl (C=O) groups excluding carboxylic acids is 1. The van der Waals surface area contributed by atoms with Crippen molar-refractivity contribution in [2.75, 3.05) is 25.4 Å². The minimum Gasteiger partial charge on any atom is -0.384 e. The maximum Gasteiger partial charge on any atom is 0.260 e. The third-order valence-electron chi connectivity index (χ3n) is 4.64. The zero-order chi connectivity index (χ0) is 16.8. The predicted octanol–water partition coefficient (Wildman–Crippen LogP) is 3.09. The fourth-order valence-corrected chi connectivity index (χ4v) is 3.23. The molecule has 0 amide bonds. The van der Waals surface area contributed by atoms with Gasteiger partial charge in [-0.25, -0.2) is 0 Å². The van der Waals surface area contributed by atoms with Crippen molar-refractivity contribution in [2.24, 2.45) is 5.92 Å². The lowest BCUT2D eigenvalue weighted by atomic mass is 9.90. The van der Waals surface area contributed by atoms with E-state index in [1.165, 1.54) is 25.5 Å². The number of pyridine rings is 1. The lowest BCUT2D eigenvalue weighted by Gasteiger charge is -2.31. The molecule has 5 nitrogen and oxygen atoms in total. The molecule has 23 heavy (non-hydrogen) atoms. The van der Waals surface area contributed by atoms with Gasteiger partial charge in [-0.15, -0.1) is 0 Å². The van der Waals surface area contributed by atoms with E-state index in [0.29, 0.717) is 12.3 Å². The molecule has 0 spiro atoms. The zero-order valence-electron chi connectivity index (χ0n) is 13.7. The van der Waals surface area contributed by atoms with Crippen molar-refractivity contribution in [1.82, 2.24) is 9.88 Å². The number of nitrogens with one attached hydrogen (secondary N) is 1. The number of piperidine rings is 1. The molecule has 1 saturated heterocycles. The molecule has 1 fully saturated rings. The average molecular weight is 340 g/mol. The van der Waals surface area contributed by atoms with Gasteiger partial charge < -0.3 is 15.6 Å². The van der Waals surface area contributed by atoms with E-state index in [1.807, 2.05) is 0 Å². The van der Waals surface area contributed by atoms with Crippen molar-refractivity contribution in [2.45, 2.75) is 45.4 Å². The highest BCUT2D eigenvalue weighted by molar-refractivity contribution is 6.33. The van der Waals surface area contributed by atoms with Gasteiger partial charge in [0.05, 0.1) is 10.6 Å². The second-order valence-electron chi connectivity index (χ2n) is 6.37. The monoisotopic (exact) mass is 339 g/mol. The number of anilines is 1. The molecule has 0 atom stereocenters. The van der Waals surface area contributed by atoms with Gasteiger partial charge in [-0.3, -0.25) is 9.59 Å². The number of nitrogen functional groups attached to an aromatic ring is 1. The molecule has 6 heteroatoms. The molecule has 0 bridgehead atoms. The molecule has 128 valence electrons. The molecule has 0 radical (unpaired) electrons. The normalized spacial score (nSPS) is 16.6. The number of unbranched alkanes of at least 4 members (excludes halogenated alkanes) is 1. The number of aromatic amines is 1. The molecule has 0 saturated carbocycles. The maximum absolute atomic E-state index is 12.2. The predicted molar refractivity (Wildman–Crippen MR) is 94.1 cm³/mol. The number of nitrogens with zero attached hydrogens (tertiary/aromatic N) is 1. The Morgan fingerprint density at radius 3 is 2.78 bits per heavy atom. The van der Waals surface area contributed by atoms with Gasteiger partial charge in [0.25, 0.3) is 5.56 Å². The molecule has 0 aliphatic carbocycles. The minimum atomic E-state index is -0.453. The van der Waals surface area contributed by atoms with E-state index in [1.54, 1.807) is 0 Å². The van der Waals surface area contributed by atoms with Gasteiger partial charge >= 0.3 is 0 Å². The van der Waals surface area contributed by atoms with Crippen LogP contribution in [0.25, 0.3) is 0 Å². The summed E-state index contributed by atoms with van der Waals surface area (Å²) in [6, 6.07) is 1.38. The summed E-state index contributed by atoms with van der Waals surface area (Å²) in [4.78, 5) is 29.0. The van der Waals surface area contributed by atoms with Crippen molar-refractivity contribution in [3.63, 3.8) is 0 Å². The number of ketones is 1. The molecular formula is C17H26ClN3O2. The summed E-state index contributed by atoms with van der Waals surface area (Å²) in [6.45, 7) is 5.63. The first-order valence-electron chi connectivity index (χ1n) is 8.45. The Kier molecular flexibility index (Phi) is 6.66. The quantitative estimate of drug-likeness (QED) is 0.748. The second-order valence-corrected chi connectivity index (χ2v) is 6.78. The fourth-order valence-electron chi connectivity index (χ4n) is 3.08. The summed E-state index contributed by atoms with van der Waals surface area (Å²) in [5.41, 5.74) is 5.19. The summed E-state index contributed by atoms with van der Waals surface area (Å²) in [5.74, 6) is 0.523. The number of hydrogen-bond donors (Lipinski definition) is 2. The van der Waals surface area contributed by atoms with Gasteiger partial charge in [-0.2, -0.15) is 0 Å². The molecule has 1 aliphatic rings. The first-order chi connectivity index (χ1) is 11.0.